The Morgan fingerprint density at radius 3 is 2.22 bits per heavy atom. The molecule has 0 radical (unpaired) electrons. The zero-order chi connectivity index (χ0) is 12.5. The molecule has 0 fully saturated rings. The van der Waals surface area contributed by atoms with Crippen molar-refractivity contribution in [3.63, 3.8) is 0 Å². The Labute approximate surface area is 107 Å². The number of anilines is 2. The number of nitrogen functional groups attached to an aromatic ring is 1. The first-order chi connectivity index (χ1) is 8.74. The molecule has 0 atom stereocenters. The highest BCUT2D eigenvalue weighted by atomic mass is 15.3. The van der Waals surface area contributed by atoms with Crippen LogP contribution < -0.4 is 10.6 Å². The van der Waals surface area contributed by atoms with E-state index < -0.39 is 0 Å². The summed E-state index contributed by atoms with van der Waals surface area (Å²) in [7, 11) is 1.91. The first-order valence-corrected chi connectivity index (χ1v) is 6.35. The van der Waals surface area contributed by atoms with Crippen molar-refractivity contribution in [3.05, 3.63) is 41.6 Å². The summed E-state index contributed by atoms with van der Waals surface area (Å²) in [6.45, 7) is 1.97. The van der Waals surface area contributed by atoms with E-state index in [0.29, 0.717) is 0 Å². The Balaban J connectivity index is 1.85. The molecule has 0 spiro atoms. The second kappa shape index (κ2) is 4.37. The molecule has 2 heterocycles. The van der Waals surface area contributed by atoms with Crippen molar-refractivity contribution in [1.82, 2.24) is 9.78 Å². The van der Waals surface area contributed by atoms with E-state index >= 15 is 0 Å². The lowest BCUT2D eigenvalue weighted by molar-refractivity contribution is 0.730. The van der Waals surface area contributed by atoms with Crippen LogP contribution in [0.25, 0.3) is 0 Å². The van der Waals surface area contributed by atoms with Crippen molar-refractivity contribution in [2.24, 2.45) is 7.05 Å². The maximum absolute atomic E-state index is 6.00. The van der Waals surface area contributed by atoms with Gasteiger partial charge in [-0.05, 0) is 24.0 Å². The molecular formula is C14H18N4. The molecule has 0 amide bonds. The van der Waals surface area contributed by atoms with Gasteiger partial charge in [0, 0.05) is 26.3 Å². The maximum atomic E-state index is 6.00. The fourth-order valence-corrected chi connectivity index (χ4v) is 2.62. The standard InChI is InChI=1S/C14H18N4/c1-17-10-13(15)14(16-17)18-8-6-11-4-2-3-5-12(11)7-9-18/h2-5,10H,6-9,15H2,1H3. The molecule has 4 nitrogen and oxygen atoms in total. The summed E-state index contributed by atoms with van der Waals surface area (Å²) in [6, 6.07) is 8.68. The Kier molecular flexibility index (Phi) is 2.70. The maximum Gasteiger partial charge on any atom is 0.173 e. The van der Waals surface area contributed by atoms with Gasteiger partial charge in [0.15, 0.2) is 5.82 Å². The quantitative estimate of drug-likeness (QED) is 0.826. The van der Waals surface area contributed by atoms with Crippen LogP contribution in [0.2, 0.25) is 0 Å². The highest BCUT2D eigenvalue weighted by Crippen LogP contribution is 2.24. The number of hydrogen-bond acceptors (Lipinski definition) is 3. The molecule has 1 aromatic carbocycles. The van der Waals surface area contributed by atoms with E-state index in [1.807, 2.05) is 13.2 Å². The molecule has 1 aliphatic heterocycles. The van der Waals surface area contributed by atoms with Crippen molar-refractivity contribution < 1.29 is 0 Å². The number of rotatable bonds is 1. The summed E-state index contributed by atoms with van der Waals surface area (Å²) < 4.78 is 1.78. The first-order valence-electron chi connectivity index (χ1n) is 6.35. The molecule has 2 aromatic rings. The fourth-order valence-electron chi connectivity index (χ4n) is 2.62. The van der Waals surface area contributed by atoms with Gasteiger partial charge in [-0.2, -0.15) is 5.10 Å². The van der Waals surface area contributed by atoms with Gasteiger partial charge in [0.2, 0.25) is 0 Å². The zero-order valence-electron chi connectivity index (χ0n) is 10.6. The molecule has 18 heavy (non-hydrogen) atoms. The SMILES string of the molecule is Cn1cc(N)c(N2CCc3ccccc3CC2)n1. The van der Waals surface area contributed by atoms with Crippen LogP contribution in [0.15, 0.2) is 30.5 Å². The third-order valence-corrected chi connectivity index (χ3v) is 3.56. The number of nitrogens with zero attached hydrogens (tertiary/aromatic N) is 3. The Hall–Kier alpha value is -1.97. The molecule has 94 valence electrons. The summed E-state index contributed by atoms with van der Waals surface area (Å²) >= 11 is 0. The summed E-state index contributed by atoms with van der Waals surface area (Å²) in [5.74, 6) is 0.922. The molecular weight excluding hydrogens is 224 g/mol. The Morgan fingerprint density at radius 1 is 1.11 bits per heavy atom. The predicted octanol–water partition coefficient (Wildman–Crippen LogP) is 1.61. The van der Waals surface area contributed by atoms with Crippen molar-refractivity contribution in [1.29, 1.82) is 0 Å². The number of aryl methyl sites for hydroxylation is 1. The third-order valence-electron chi connectivity index (χ3n) is 3.56. The predicted molar refractivity (Wildman–Crippen MR) is 73.7 cm³/mol. The van der Waals surface area contributed by atoms with Gasteiger partial charge in [-0.3, -0.25) is 4.68 Å². The van der Waals surface area contributed by atoms with E-state index in [9.17, 15) is 0 Å². The topological polar surface area (TPSA) is 47.1 Å². The average molecular weight is 242 g/mol. The summed E-state index contributed by atoms with van der Waals surface area (Å²) in [6.07, 6.45) is 3.99. The fraction of sp³-hybridized carbons (Fsp3) is 0.357. The summed E-state index contributed by atoms with van der Waals surface area (Å²) in [4.78, 5) is 2.29. The summed E-state index contributed by atoms with van der Waals surface area (Å²) in [5.41, 5.74) is 9.68. The number of hydrogen-bond donors (Lipinski definition) is 1. The highest BCUT2D eigenvalue weighted by Gasteiger charge is 2.17. The first kappa shape index (κ1) is 11.1. The van der Waals surface area contributed by atoms with E-state index in [-0.39, 0.29) is 0 Å². The number of nitrogens with two attached hydrogens (primary N) is 1. The molecule has 0 saturated carbocycles. The molecule has 0 bridgehead atoms. The van der Waals surface area contributed by atoms with Gasteiger partial charge >= 0.3 is 0 Å². The van der Waals surface area contributed by atoms with Crippen molar-refractivity contribution >= 4 is 11.5 Å². The molecule has 2 N–H and O–H groups in total. The number of fused-ring (bicyclic) bond motifs is 1. The van der Waals surface area contributed by atoms with E-state index in [1.165, 1.54) is 11.1 Å². The van der Waals surface area contributed by atoms with Gasteiger partial charge in [-0.1, -0.05) is 24.3 Å². The van der Waals surface area contributed by atoms with Crippen LogP contribution in [0, 0.1) is 0 Å². The van der Waals surface area contributed by atoms with E-state index in [2.05, 4.69) is 34.3 Å². The van der Waals surface area contributed by atoms with E-state index in [0.717, 1.165) is 37.4 Å². The lowest BCUT2D eigenvalue weighted by Gasteiger charge is -2.20. The number of aromatic nitrogens is 2. The second-order valence-corrected chi connectivity index (χ2v) is 4.84. The Bertz CT molecular complexity index is 532. The smallest absolute Gasteiger partial charge is 0.173 e. The summed E-state index contributed by atoms with van der Waals surface area (Å²) in [5, 5.41) is 4.46. The van der Waals surface area contributed by atoms with Crippen LogP contribution in [0.1, 0.15) is 11.1 Å². The third kappa shape index (κ3) is 1.94. The molecule has 1 aromatic heterocycles. The average Bonchev–Trinajstić information content (AvgIpc) is 2.60. The molecule has 0 saturated heterocycles. The molecule has 4 heteroatoms. The van der Waals surface area contributed by atoms with Gasteiger partial charge in [0.1, 0.15) is 0 Å². The van der Waals surface area contributed by atoms with Crippen LogP contribution in [0.4, 0.5) is 11.5 Å². The zero-order valence-corrected chi connectivity index (χ0v) is 10.6. The minimum Gasteiger partial charge on any atom is -0.394 e. The molecule has 3 rings (SSSR count). The van der Waals surface area contributed by atoms with Gasteiger partial charge in [0.05, 0.1) is 5.69 Å². The van der Waals surface area contributed by atoms with Gasteiger partial charge in [-0.15, -0.1) is 0 Å². The van der Waals surface area contributed by atoms with Crippen LogP contribution in [-0.2, 0) is 19.9 Å². The van der Waals surface area contributed by atoms with Crippen LogP contribution in [0.5, 0.6) is 0 Å². The van der Waals surface area contributed by atoms with Crippen LogP contribution in [0.3, 0.4) is 0 Å². The molecule has 0 aliphatic carbocycles. The Morgan fingerprint density at radius 2 is 1.72 bits per heavy atom. The van der Waals surface area contributed by atoms with Crippen molar-refractivity contribution in [2.75, 3.05) is 23.7 Å². The van der Waals surface area contributed by atoms with Gasteiger partial charge < -0.3 is 10.6 Å². The lowest BCUT2D eigenvalue weighted by Crippen LogP contribution is -2.27. The molecule has 0 unspecified atom stereocenters. The van der Waals surface area contributed by atoms with Gasteiger partial charge in [-0.25, -0.2) is 0 Å². The highest BCUT2D eigenvalue weighted by molar-refractivity contribution is 5.62. The number of benzene rings is 1. The van der Waals surface area contributed by atoms with E-state index in [1.54, 1.807) is 4.68 Å². The lowest BCUT2D eigenvalue weighted by atomic mass is 10.0. The monoisotopic (exact) mass is 242 g/mol. The van der Waals surface area contributed by atoms with Gasteiger partial charge in [0.25, 0.3) is 0 Å². The minimum atomic E-state index is 0.767. The normalized spacial score (nSPS) is 15.3. The largest absolute Gasteiger partial charge is 0.394 e. The van der Waals surface area contributed by atoms with Crippen LogP contribution in [-0.4, -0.2) is 22.9 Å². The minimum absolute atomic E-state index is 0.767. The second-order valence-electron chi connectivity index (χ2n) is 4.84. The van der Waals surface area contributed by atoms with Crippen LogP contribution >= 0.6 is 0 Å². The molecule has 1 aliphatic rings. The van der Waals surface area contributed by atoms with Crippen molar-refractivity contribution in [2.45, 2.75) is 12.8 Å². The van der Waals surface area contributed by atoms with Crippen molar-refractivity contribution in [3.8, 4) is 0 Å². The van der Waals surface area contributed by atoms with E-state index in [4.69, 9.17) is 5.73 Å².